The fourth-order valence-electron chi connectivity index (χ4n) is 2.48. The maximum absolute atomic E-state index is 12.1. The van der Waals surface area contributed by atoms with E-state index in [1.807, 2.05) is 12.1 Å². The highest BCUT2D eigenvalue weighted by Crippen LogP contribution is 2.16. The molecule has 1 aliphatic rings. The third kappa shape index (κ3) is 5.74. The molecule has 0 spiro atoms. The Hall–Kier alpha value is -0.950. The molecule has 0 bridgehead atoms. The van der Waals surface area contributed by atoms with Crippen LogP contribution in [-0.4, -0.2) is 55.2 Å². The van der Waals surface area contributed by atoms with E-state index in [9.17, 15) is 4.79 Å². The minimum absolute atomic E-state index is 0.0189. The summed E-state index contributed by atoms with van der Waals surface area (Å²) in [5.41, 5.74) is 0. The summed E-state index contributed by atoms with van der Waals surface area (Å²) in [6, 6.07) is 3.84. The molecule has 1 aromatic heterocycles. The van der Waals surface area contributed by atoms with Gasteiger partial charge in [0.15, 0.2) is 0 Å². The van der Waals surface area contributed by atoms with E-state index in [1.54, 1.807) is 0 Å². The third-order valence-corrected chi connectivity index (χ3v) is 4.72. The van der Waals surface area contributed by atoms with Crippen molar-refractivity contribution in [3.63, 3.8) is 0 Å². The van der Waals surface area contributed by atoms with Gasteiger partial charge in [0, 0.05) is 31.1 Å². The molecule has 0 saturated carbocycles. The summed E-state index contributed by atoms with van der Waals surface area (Å²) in [7, 11) is 0. The quantitative estimate of drug-likeness (QED) is 0.628. The molecule has 2 rings (SSSR count). The molecule has 1 saturated heterocycles. The van der Waals surface area contributed by atoms with Crippen LogP contribution in [0.4, 0.5) is 0 Å². The van der Waals surface area contributed by atoms with Gasteiger partial charge in [0.25, 0.3) is 5.91 Å². The number of carbonyl (C=O) groups is 1. The van der Waals surface area contributed by atoms with Crippen LogP contribution in [0, 0.1) is 0 Å². The van der Waals surface area contributed by atoms with Crippen LogP contribution in [0.25, 0.3) is 0 Å². The van der Waals surface area contributed by atoms with Crippen molar-refractivity contribution in [1.82, 2.24) is 15.5 Å². The maximum atomic E-state index is 12.1. The molecule has 1 aromatic rings. The molecule has 1 fully saturated rings. The van der Waals surface area contributed by atoms with Gasteiger partial charge >= 0.3 is 0 Å². The van der Waals surface area contributed by atoms with E-state index in [0.29, 0.717) is 13.1 Å². The summed E-state index contributed by atoms with van der Waals surface area (Å²) in [6.45, 7) is 5.40. The van der Waals surface area contributed by atoms with E-state index in [1.165, 1.54) is 30.6 Å². The largest absolute Gasteiger partial charge is 0.395 e. The van der Waals surface area contributed by atoms with Crippen molar-refractivity contribution in [2.45, 2.75) is 25.8 Å². The molecular formula is C15H25N3O2S. The number of amides is 1. The van der Waals surface area contributed by atoms with Crippen molar-refractivity contribution < 1.29 is 9.90 Å². The van der Waals surface area contributed by atoms with Crippen LogP contribution >= 0.6 is 11.3 Å². The molecular weight excluding hydrogens is 286 g/mol. The molecule has 5 nitrogen and oxygen atoms in total. The Morgan fingerprint density at radius 3 is 2.81 bits per heavy atom. The monoisotopic (exact) mass is 311 g/mol. The van der Waals surface area contributed by atoms with Gasteiger partial charge in [-0.15, -0.1) is 11.3 Å². The first kappa shape index (κ1) is 16.4. The maximum Gasteiger partial charge on any atom is 0.261 e. The molecule has 2 heterocycles. The number of carbonyl (C=O) groups excluding carboxylic acids is 1. The average molecular weight is 311 g/mol. The Morgan fingerprint density at radius 2 is 2.05 bits per heavy atom. The number of nitrogens with zero attached hydrogens (tertiary/aromatic N) is 1. The summed E-state index contributed by atoms with van der Waals surface area (Å²) < 4.78 is 0. The van der Waals surface area contributed by atoms with Gasteiger partial charge in [-0.25, -0.2) is 0 Å². The lowest BCUT2D eigenvalue weighted by Crippen LogP contribution is -2.37. The predicted octanol–water partition coefficient (Wildman–Crippen LogP) is 1.05. The normalized spacial score (nSPS) is 16.0. The lowest BCUT2D eigenvalue weighted by Gasteiger charge is -2.26. The van der Waals surface area contributed by atoms with Gasteiger partial charge in [-0.1, -0.05) is 6.42 Å². The summed E-state index contributed by atoms with van der Waals surface area (Å²) >= 11 is 1.51. The number of aliphatic hydroxyl groups is 1. The van der Waals surface area contributed by atoms with Crippen LogP contribution in [-0.2, 0) is 6.54 Å². The molecule has 118 valence electrons. The highest BCUT2D eigenvalue weighted by Gasteiger charge is 2.11. The fraction of sp³-hybridized carbons (Fsp3) is 0.667. The van der Waals surface area contributed by atoms with Crippen molar-refractivity contribution in [2.24, 2.45) is 0 Å². The molecule has 0 radical (unpaired) electrons. The van der Waals surface area contributed by atoms with Crippen molar-refractivity contribution in [2.75, 3.05) is 39.3 Å². The van der Waals surface area contributed by atoms with Crippen LogP contribution in [0.1, 0.15) is 33.8 Å². The van der Waals surface area contributed by atoms with Crippen LogP contribution in [0.15, 0.2) is 12.1 Å². The number of thiophene rings is 1. The molecule has 1 amide bonds. The molecule has 0 atom stereocenters. The van der Waals surface area contributed by atoms with Gasteiger partial charge < -0.3 is 20.6 Å². The number of aliphatic hydroxyl groups excluding tert-OH is 1. The smallest absolute Gasteiger partial charge is 0.261 e. The van der Waals surface area contributed by atoms with Crippen LogP contribution in [0.2, 0.25) is 0 Å². The van der Waals surface area contributed by atoms with Gasteiger partial charge in [-0.3, -0.25) is 4.79 Å². The van der Waals surface area contributed by atoms with Gasteiger partial charge in [0.2, 0.25) is 0 Å². The number of piperidine rings is 1. The fourth-order valence-corrected chi connectivity index (χ4v) is 3.38. The third-order valence-electron chi connectivity index (χ3n) is 3.64. The molecule has 1 aliphatic heterocycles. The lowest BCUT2D eigenvalue weighted by molar-refractivity contribution is 0.0950. The zero-order valence-corrected chi connectivity index (χ0v) is 13.3. The van der Waals surface area contributed by atoms with Crippen molar-refractivity contribution in [1.29, 1.82) is 0 Å². The van der Waals surface area contributed by atoms with Crippen molar-refractivity contribution >= 4 is 17.2 Å². The van der Waals surface area contributed by atoms with E-state index in [2.05, 4.69) is 15.5 Å². The average Bonchev–Trinajstić information content (AvgIpc) is 2.97. The second-order valence-corrected chi connectivity index (χ2v) is 6.49. The highest BCUT2D eigenvalue weighted by atomic mass is 32.1. The molecule has 6 heteroatoms. The topological polar surface area (TPSA) is 64.6 Å². The van der Waals surface area contributed by atoms with Crippen molar-refractivity contribution in [3.8, 4) is 0 Å². The summed E-state index contributed by atoms with van der Waals surface area (Å²) in [5.74, 6) is 0.0189. The summed E-state index contributed by atoms with van der Waals surface area (Å²) in [5, 5.41) is 14.8. The van der Waals surface area contributed by atoms with Gasteiger partial charge in [-0.2, -0.15) is 0 Å². The molecule has 0 aromatic carbocycles. The Balaban J connectivity index is 1.67. The molecule has 0 unspecified atom stereocenters. The number of hydrogen-bond acceptors (Lipinski definition) is 5. The predicted molar refractivity (Wildman–Crippen MR) is 85.7 cm³/mol. The zero-order valence-electron chi connectivity index (χ0n) is 12.4. The molecule has 21 heavy (non-hydrogen) atoms. The highest BCUT2D eigenvalue weighted by molar-refractivity contribution is 7.14. The number of hydrogen-bond donors (Lipinski definition) is 3. The Kier molecular flexibility index (Phi) is 7.15. The zero-order chi connectivity index (χ0) is 14.9. The Morgan fingerprint density at radius 1 is 1.24 bits per heavy atom. The Bertz CT molecular complexity index is 430. The minimum atomic E-state index is 0.0189. The number of rotatable bonds is 8. The second-order valence-electron chi connectivity index (χ2n) is 5.32. The number of likely N-dealkylation sites (tertiary alicyclic amines) is 1. The first-order chi connectivity index (χ1) is 10.3. The Labute approximate surface area is 130 Å². The standard InChI is InChI=1S/C15H25N3O2S/c19-11-7-16-12-13-4-5-14(21-13)15(20)17-6-10-18-8-2-1-3-9-18/h4-5,16,19H,1-3,6-12H2,(H,17,20). The summed E-state index contributed by atoms with van der Waals surface area (Å²) in [6.07, 6.45) is 3.90. The summed E-state index contributed by atoms with van der Waals surface area (Å²) in [4.78, 5) is 16.3. The lowest BCUT2D eigenvalue weighted by atomic mass is 10.1. The van der Waals surface area contributed by atoms with E-state index >= 15 is 0 Å². The molecule has 0 aliphatic carbocycles. The first-order valence-electron chi connectivity index (χ1n) is 7.70. The minimum Gasteiger partial charge on any atom is -0.395 e. The van der Waals surface area contributed by atoms with E-state index in [0.717, 1.165) is 35.9 Å². The first-order valence-corrected chi connectivity index (χ1v) is 8.52. The number of nitrogens with one attached hydrogen (secondary N) is 2. The van der Waals surface area contributed by atoms with E-state index < -0.39 is 0 Å². The van der Waals surface area contributed by atoms with E-state index in [-0.39, 0.29) is 12.5 Å². The SMILES string of the molecule is O=C(NCCN1CCCCC1)c1ccc(CNCCO)s1. The van der Waals surface area contributed by atoms with Crippen LogP contribution < -0.4 is 10.6 Å². The van der Waals surface area contributed by atoms with E-state index in [4.69, 9.17) is 5.11 Å². The van der Waals surface area contributed by atoms with Gasteiger partial charge in [-0.05, 0) is 38.1 Å². The van der Waals surface area contributed by atoms with Crippen molar-refractivity contribution in [3.05, 3.63) is 21.9 Å². The van der Waals surface area contributed by atoms with Gasteiger partial charge in [0.1, 0.15) is 0 Å². The van der Waals surface area contributed by atoms with Gasteiger partial charge in [0.05, 0.1) is 11.5 Å². The van der Waals surface area contributed by atoms with Crippen LogP contribution in [0.3, 0.4) is 0 Å². The second kappa shape index (κ2) is 9.15. The molecule has 3 N–H and O–H groups in total. The van der Waals surface area contributed by atoms with Crippen LogP contribution in [0.5, 0.6) is 0 Å².